The lowest BCUT2D eigenvalue weighted by molar-refractivity contribution is -0.132. The molecule has 0 spiro atoms. The first kappa shape index (κ1) is 17.6. The first-order chi connectivity index (χ1) is 13.8. The minimum atomic E-state index is 0.139. The minimum Gasteiger partial charge on any atom is -0.333 e. The van der Waals surface area contributed by atoms with E-state index in [9.17, 15) is 4.79 Å². The third-order valence-corrected chi connectivity index (χ3v) is 7.09. The normalized spacial score (nSPS) is 19.1. The molecule has 0 saturated carbocycles. The molecule has 0 unspecified atom stereocenters. The molecule has 28 heavy (non-hydrogen) atoms. The molecule has 2 aromatic carbocycles. The highest BCUT2D eigenvalue weighted by Gasteiger charge is 2.34. The summed E-state index contributed by atoms with van der Waals surface area (Å²) >= 11 is 1.66. The van der Waals surface area contributed by atoms with Gasteiger partial charge in [0.1, 0.15) is 5.01 Å². The first-order valence-electron chi connectivity index (χ1n) is 10.2. The van der Waals surface area contributed by atoms with E-state index in [1.807, 2.05) is 11.6 Å². The van der Waals surface area contributed by atoms with Crippen LogP contribution in [0.4, 0.5) is 0 Å². The van der Waals surface area contributed by atoms with Crippen LogP contribution in [0.5, 0.6) is 0 Å². The van der Waals surface area contributed by atoms with Gasteiger partial charge in [-0.25, -0.2) is 4.98 Å². The number of carbonyl (C=O) groups is 1. The number of aromatic nitrogens is 1. The number of benzene rings is 2. The van der Waals surface area contributed by atoms with Crippen molar-refractivity contribution in [2.24, 2.45) is 0 Å². The molecular formula is C24H24N2OS. The van der Waals surface area contributed by atoms with Crippen molar-refractivity contribution in [1.82, 2.24) is 9.88 Å². The smallest absolute Gasteiger partial charge is 0.224 e. The molecule has 142 valence electrons. The molecule has 5 rings (SSSR count). The molecule has 1 aliphatic heterocycles. The lowest BCUT2D eigenvalue weighted by Crippen LogP contribution is -2.31. The Bertz CT molecular complexity index is 934. The van der Waals surface area contributed by atoms with E-state index in [4.69, 9.17) is 0 Å². The Morgan fingerprint density at radius 1 is 1.04 bits per heavy atom. The largest absolute Gasteiger partial charge is 0.333 e. The molecule has 1 amide bonds. The quantitative estimate of drug-likeness (QED) is 0.623. The molecule has 3 aromatic rings. The first-order valence-corrected chi connectivity index (χ1v) is 11.0. The lowest BCUT2D eigenvalue weighted by Gasteiger charge is -2.27. The summed E-state index contributed by atoms with van der Waals surface area (Å²) in [4.78, 5) is 20.0. The van der Waals surface area contributed by atoms with Gasteiger partial charge in [-0.2, -0.15) is 0 Å². The summed E-state index contributed by atoms with van der Waals surface area (Å²) in [7, 11) is 0. The Hall–Kier alpha value is -2.46. The van der Waals surface area contributed by atoms with Gasteiger partial charge in [-0.15, -0.1) is 11.3 Å². The summed E-state index contributed by atoms with van der Waals surface area (Å²) in [5.41, 5.74) is 5.42. The van der Waals surface area contributed by atoms with Crippen LogP contribution in [0.2, 0.25) is 0 Å². The Balaban J connectivity index is 1.48. The van der Waals surface area contributed by atoms with Crippen molar-refractivity contribution in [3.05, 3.63) is 87.4 Å². The Kier molecular flexibility index (Phi) is 4.73. The fraction of sp³-hybridized carbons (Fsp3) is 0.333. The van der Waals surface area contributed by atoms with Gasteiger partial charge < -0.3 is 4.90 Å². The number of aryl methyl sites for hydroxylation is 2. The number of hydrogen-bond donors (Lipinski definition) is 0. The van der Waals surface area contributed by atoms with E-state index < -0.39 is 0 Å². The monoisotopic (exact) mass is 388 g/mol. The van der Waals surface area contributed by atoms with Gasteiger partial charge in [0.05, 0.1) is 6.04 Å². The zero-order chi connectivity index (χ0) is 18.9. The third-order valence-electron chi connectivity index (χ3n) is 6.21. The van der Waals surface area contributed by atoms with Crippen LogP contribution >= 0.6 is 11.3 Å². The molecule has 0 bridgehead atoms. The SMILES string of the molecule is O=C(CC1c2ccccc2CCc2ccccc21)N1CCC[C@@H]1c1nccs1. The third kappa shape index (κ3) is 3.16. The Morgan fingerprint density at radius 2 is 1.71 bits per heavy atom. The van der Waals surface area contributed by atoms with E-state index in [2.05, 4.69) is 58.4 Å². The number of hydrogen-bond acceptors (Lipinski definition) is 3. The molecular weight excluding hydrogens is 364 g/mol. The average molecular weight is 389 g/mol. The summed E-state index contributed by atoms with van der Waals surface area (Å²) in [6.45, 7) is 0.846. The summed E-state index contributed by atoms with van der Waals surface area (Å²) < 4.78 is 0. The van der Waals surface area contributed by atoms with Crippen molar-refractivity contribution in [3.63, 3.8) is 0 Å². The second-order valence-electron chi connectivity index (χ2n) is 7.77. The van der Waals surface area contributed by atoms with Crippen LogP contribution in [-0.2, 0) is 17.6 Å². The van der Waals surface area contributed by atoms with E-state index in [1.54, 1.807) is 11.3 Å². The van der Waals surface area contributed by atoms with Gasteiger partial charge in [0.25, 0.3) is 0 Å². The number of fused-ring (bicyclic) bond motifs is 2. The van der Waals surface area contributed by atoms with Crippen LogP contribution < -0.4 is 0 Å². The van der Waals surface area contributed by atoms with Crippen LogP contribution in [0.1, 0.15) is 58.5 Å². The van der Waals surface area contributed by atoms with Crippen LogP contribution in [0, 0.1) is 0 Å². The predicted octanol–water partition coefficient (Wildman–Crippen LogP) is 5.13. The molecule has 1 aromatic heterocycles. The highest BCUT2D eigenvalue weighted by Crippen LogP contribution is 2.39. The van der Waals surface area contributed by atoms with E-state index in [0.717, 1.165) is 37.2 Å². The van der Waals surface area contributed by atoms with Crippen molar-refractivity contribution in [3.8, 4) is 0 Å². The summed E-state index contributed by atoms with van der Waals surface area (Å²) in [6.07, 6.45) is 6.56. The van der Waals surface area contributed by atoms with Crippen molar-refractivity contribution in [2.45, 2.75) is 44.1 Å². The Labute approximate surface area is 170 Å². The van der Waals surface area contributed by atoms with Gasteiger partial charge in [0, 0.05) is 30.5 Å². The fourth-order valence-electron chi connectivity index (χ4n) is 4.87. The number of thiazole rings is 1. The molecule has 1 fully saturated rings. The molecule has 2 heterocycles. The van der Waals surface area contributed by atoms with Crippen molar-refractivity contribution < 1.29 is 4.79 Å². The van der Waals surface area contributed by atoms with Crippen molar-refractivity contribution >= 4 is 17.2 Å². The van der Waals surface area contributed by atoms with Crippen LogP contribution in [-0.4, -0.2) is 22.3 Å². The standard InChI is InChI=1S/C24H24N2OS/c27-23(26-14-5-10-22(26)24-25-13-15-28-24)16-21-19-8-3-1-6-17(19)11-12-18-7-2-4-9-20(18)21/h1-4,6-9,13,15,21-22H,5,10-12,14,16H2/t22-/m1/s1. The second-order valence-corrected chi connectivity index (χ2v) is 8.70. The van der Waals surface area contributed by atoms with E-state index in [0.29, 0.717) is 6.42 Å². The van der Waals surface area contributed by atoms with Gasteiger partial charge in [-0.1, -0.05) is 48.5 Å². The zero-order valence-corrected chi connectivity index (χ0v) is 16.7. The molecule has 1 saturated heterocycles. The summed E-state index contributed by atoms with van der Waals surface area (Å²) in [5.74, 6) is 0.397. The van der Waals surface area contributed by atoms with Gasteiger partial charge in [-0.05, 0) is 47.9 Å². The van der Waals surface area contributed by atoms with Crippen LogP contribution in [0.15, 0.2) is 60.1 Å². The van der Waals surface area contributed by atoms with Crippen molar-refractivity contribution in [2.75, 3.05) is 6.54 Å². The maximum Gasteiger partial charge on any atom is 0.224 e. The molecule has 4 heteroatoms. The van der Waals surface area contributed by atoms with E-state index >= 15 is 0 Å². The second kappa shape index (κ2) is 7.51. The average Bonchev–Trinajstić information content (AvgIpc) is 3.40. The van der Waals surface area contributed by atoms with Crippen LogP contribution in [0.25, 0.3) is 0 Å². The lowest BCUT2D eigenvalue weighted by atomic mass is 9.85. The number of carbonyl (C=O) groups excluding carboxylic acids is 1. The maximum absolute atomic E-state index is 13.5. The molecule has 2 aliphatic rings. The molecule has 1 aliphatic carbocycles. The number of nitrogens with zero attached hydrogens (tertiary/aromatic N) is 2. The minimum absolute atomic E-state index is 0.139. The Morgan fingerprint density at radius 3 is 2.36 bits per heavy atom. The zero-order valence-electron chi connectivity index (χ0n) is 15.9. The predicted molar refractivity (Wildman–Crippen MR) is 113 cm³/mol. The van der Waals surface area contributed by atoms with Gasteiger partial charge >= 0.3 is 0 Å². The van der Waals surface area contributed by atoms with Gasteiger partial charge in [0.2, 0.25) is 5.91 Å². The van der Waals surface area contributed by atoms with Crippen molar-refractivity contribution in [1.29, 1.82) is 0 Å². The molecule has 0 radical (unpaired) electrons. The summed E-state index contributed by atoms with van der Waals surface area (Å²) in [6, 6.07) is 17.5. The van der Waals surface area contributed by atoms with E-state index in [1.165, 1.54) is 22.3 Å². The molecule has 1 atom stereocenters. The molecule has 0 N–H and O–H groups in total. The number of rotatable bonds is 3. The maximum atomic E-state index is 13.5. The highest BCUT2D eigenvalue weighted by atomic mass is 32.1. The topological polar surface area (TPSA) is 33.2 Å². The number of amides is 1. The fourth-order valence-corrected chi connectivity index (χ4v) is 5.66. The molecule has 3 nitrogen and oxygen atoms in total. The van der Waals surface area contributed by atoms with Crippen LogP contribution in [0.3, 0.4) is 0 Å². The number of likely N-dealkylation sites (tertiary alicyclic amines) is 1. The summed E-state index contributed by atoms with van der Waals surface area (Å²) in [5, 5.41) is 3.08. The van der Waals surface area contributed by atoms with Gasteiger partial charge in [0.15, 0.2) is 0 Å². The van der Waals surface area contributed by atoms with Gasteiger partial charge in [-0.3, -0.25) is 4.79 Å². The highest BCUT2D eigenvalue weighted by molar-refractivity contribution is 7.09. The van der Waals surface area contributed by atoms with E-state index in [-0.39, 0.29) is 17.9 Å².